The minimum atomic E-state index is -1.73. The maximum Gasteiger partial charge on any atom is 0.0816 e. The molecule has 0 aromatic heterocycles. The van der Waals surface area contributed by atoms with Gasteiger partial charge in [0, 0.05) is 8.07 Å². The normalized spacial score (nSPS) is 13.7. The molecule has 0 spiro atoms. The van der Waals surface area contributed by atoms with Crippen molar-refractivity contribution in [3.63, 3.8) is 0 Å². The van der Waals surface area contributed by atoms with Crippen LogP contribution in [0.25, 0.3) is 0 Å². The average molecular weight is 178 g/mol. The van der Waals surface area contributed by atoms with E-state index < -0.39 is 15.2 Å². The van der Waals surface area contributed by atoms with Gasteiger partial charge in [0.25, 0.3) is 0 Å². The molecule has 0 radical (unpaired) electrons. The molecule has 10 heavy (non-hydrogen) atoms. The van der Waals surface area contributed by atoms with Gasteiger partial charge < -0.3 is 4.57 Å². The highest BCUT2D eigenvalue weighted by Gasteiger charge is 2.16. The summed E-state index contributed by atoms with van der Waals surface area (Å²) >= 11 is 0. The molecule has 0 aliphatic carbocycles. The van der Waals surface area contributed by atoms with Crippen molar-refractivity contribution in [2.24, 2.45) is 0 Å². The molecule has 0 N–H and O–H groups in total. The van der Waals surface area contributed by atoms with Gasteiger partial charge >= 0.3 is 0 Å². The van der Waals surface area contributed by atoms with Crippen molar-refractivity contribution < 1.29 is 4.57 Å². The van der Waals surface area contributed by atoms with E-state index in [9.17, 15) is 4.57 Å². The Morgan fingerprint density at radius 1 is 1.20 bits per heavy atom. The summed E-state index contributed by atoms with van der Waals surface area (Å²) in [5.74, 6) is 0. The molecule has 0 aromatic carbocycles. The van der Waals surface area contributed by atoms with E-state index in [0.717, 1.165) is 6.16 Å². The standard InChI is InChI=1S/C7H19OPSi/c1-9(2,8)6-7-10(3,4)5/h6-7H2,1-5H3. The Labute approximate surface area is 65.6 Å². The zero-order chi connectivity index (χ0) is 8.41. The van der Waals surface area contributed by atoms with E-state index in [1.54, 1.807) is 0 Å². The summed E-state index contributed by atoms with van der Waals surface area (Å²) in [5, 5.41) is 0. The van der Waals surface area contributed by atoms with E-state index in [0.29, 0.717) is 0 Å². The maximum atomic E-state index is 11.3. The molecule has 1 nitrogen and oxygen atoms in total. The van der Waals surface area contributed by atoms with Crippen LogP contribution in [0.1, 0.15) is 0 Å². The Bertz CT molecular complexity index is 142. The molecular formula is C7H19OPSi. The molecule has 0 unspecified atom stereocenters. The molecule has 0 heterocycles. The van der Waals surface area contributed by atoms with E-state index in [2.05, 4.69) is 19.6 Å². The first-order valence-corrected chi connectivity index (χ1v) is 10.2. The highest BCUT2D eigenvalue weighted by atomic mass is 31.2. The number of hydrogen-bond donors (Lipinski definition) is 0. The summed E-state index contributed by atoms with van der Waals surface area (Å²) in [7, 11) is -2.67. The lowest BCUT2D eigenvalue weighted by molar-refractivity contribution is 0.583. The van der Waals surface area contributed by atoms with Crippen LogP contribution in [0.4, 0.5) is 0 Å². The van der Waals surface area contributed by atoms with Crippen LogP contribution < -0.4 is 0 Å². The van der Waals surface area contributed by atoms with Crippen LogP contribution in [-0.4, -0.2) is 27.6 Å². The lowest BCUT2D eigenvalue weighted by Crippen LogP contribution is -2.20. The molecule has 0 saturated heterocycles. The first-order chi connectivity index (χ1) is 4.21. The Morgan fingerprint density at radius 2 is 1.60 bits per heavy atom. The Kier molecular flexibility index (Phi) is 3.37. The predicted octanol–water partition coefficient (Wildman–Crippen LogP) is 2.95. The highest BCUT2D eigenvalue weighted by Crippen LogP contribution is 2.38. The van der Waals surface area contributed by atoms with Crippen molar-refractivity contribution >= 4 is 15.2 Å². The largest absolute Gasteiger partial charge is 0.324 e. The van der Waals surface area contributed by atoms with Gasteiger partial charge in [-0.2, -0.15) is 0 Å². The van der Waals surface area contributed by atoms with Crippen molar-refractivity contribution in [3.8, 4) is 0 Å². The number of hydrogen-bond acceptors (Lipinski definition) is 1. The van der Waals surface area contributed by atoms with E-state index >= 15 is 0 Å². The first-order valence-electron chi connectivity index (χ1n) is 3.75. The lowest BCUT2D eigenvalue weighted by atomic mass is 10.9. The van der Waals surface area contributed by atoms with E-state index in [1.165, 1.54) is 6.04 Å². The van der Waals surface area contributed by atoms with Gasteiger partial charge in [0.05, 0.1) is 7.14 Å². The van der Waals surface area contributed by atoms with E-state index in [1.807, 2.05) is 13.3 Å². The lowest BCUT2D eigenvalue weighted by Gasteiger charge is -2.16. The van der Waals surface area contributed by atoms with Gasteiger partial charge in [-0.1, -0.05) is 25.7 Å². The van der Waals surface area contributed by atoms with Gasteiger partial charge in [-0.3, -0.25) is 0 Å². The summed E-state index contributed by atoms with van der Waals surface area (Å²) in [6.45, 7) is 10.7. The highest BCUT2D eigenvalue weighted by molar-refractivity contribution is 7.62. The summed E-state index contributed by atoms with van der Waals surface area (Å²) in [6, 6.07) is 1.21. The maximum absolute atomic E-state index is 11.3. The Morgan fingerprint density at radius 3 is 1.70 bits per heavy atom. The fourth-order valence-electron chi connectivity index (χ4n) is 0.605. The molecule has 0 fully saturated rings. The fraction of sp³-hybridized carbons (Fsp3) is 1.00. The SMILES string of the molecule is C[Si](C)(C)CCP(C)(C)=O. The molecule has 0 aliphatic rings. The third-order valence-corrected chi connectivity index (χ3v) is 4.87. The van der Waals surface area contributed by atoms with Crippen LogP contribution >= 0.6 is 7.14 Å². The van der Waals surface area contributed by atoms with Gasteiger partial charge in [0.1, 0.15) is 0 Å². The second-order valence-electron chi connectivity index (χ2n) is 4.61. The third-order valence-electron chi connectivity index (χ3n) is 1.40. The van der Waals surface area contributed by atoms with Gasteiger partial charge in [-0.15, -0.1) is 0 Å². The molecule has 62 valence electrons. The fourth-order valence-corrected chi connectivity index (χ4v) is 5.44. The molecular weight excluding hydrogens is 159 g/mol. The van der Waals surface area contributed by atoms with Crippen molar-refractivity contribution in [1.29, 1.82) is 0 Å². The second-order valence-corrected chi connectivity index (χ2v) is 13.8. The second kappa shape index (κ2) is 3.23. The van der Waals surface area contributed by atoms with E-state index in [-0.39, 0.29) is 0 Å². The summed E-state index contributed by atoms with van der Waals surface area (Å²) in [6.07, 6.45) is 0.947. The molecule has 0 amide bonds. The average Bonchev–Trinajstić information content (AvgIpc) is 1.57. The molecule has 0 bridgehead atoms. The molecule has 0 aliphatic heterocycles. The van der Waals surface area contributed by atoms with Crippen LogP contribution in [-0.2, 0) is 4.57 Å². The Balaban J connectivity index is 3.67. The van der Waals surface area contributed by atoms with E-state index in [4.69, 9.17) is 0 Å². The minimum absolute atomic E-state index is 0.939. The summed E-state index contributed by atoms with van der Waals surface area (Å²) < 4.78 is 11.3. The minimum Gasteiger partial charge on any atom is -0.324 e. The van der Waals surface area contributed by atoms with Crippen LogP contribution in [0.5, 0.6) is 0 Å². The van der Waals surface area contributed by atoms with Crippen LogP contribution in [0, 0.1) is 0 Å². The van der Waals surface area contributed by atoms with Crippen LogP contribution in [0.15, 0.2) is 0 Å². The zero-order valence-corrected chi connectivity index (χ0v) is 9.66. The smallest absolute Gasteiger partial charge is 0.0816 e. The third kappa shape index (κ3) is 8.45. The van der Waals surface area contributed by atoms with Crippen molar-refractivity contribution in [2.45, 2.75) is 25.7 Å². The van der Waals surface area contributed by atoms with Crippen molar-refractivity contribution in [1.82, 2.24) is 0 Å². The molecule has 3 heteroatoms. The summed E-state index contributed by atoms with van der Waals surface area (Å²) in [4.78, 5) is 0. The monoisotopic (exact) mass is 178 g/mol. The van der Waals surface area contributed by atoms with Crippen molar-refractivity contribution in [3.05, 3.63) is 0 Å². The van der Waals surface area contributed by atoms with Gasteiger partial charge in [0.15, 0.2) is 0 Å². The topological polar surface area (TPSA) is 17.1 Å². The number of rotatable bonds is 3. The Hall–Kier alpha value is 0.447. The molecule has 0 atom stereocenters. The molecule has 0 aromatic rings. The summed E-state index contributed by atoms with van der Waals surface area (Å²) in [5.41, 5.74) is 0. The van der Waals surface area contributed by atoms with Crippen LogP contribution in [0.3, 0.4) is 0 Å². The molecule has 0 rings (SSSR count). The van der Waals surface area contributed by atoms with Gasteiger partial charge in [-0.05, 0) is 19.5 Å². The molecule has 0 saturated carbocycles. The predicted molar refractivity (Wildman–Crippen MR) is 52.5 cm³/mol. The van der Waals surface area contributed by atoms with Crippen LogP contribution in [0.2, 0.25) is 25.7 Å². The van der Waals surface area contributed by atoms with Gasteiger partial charge in [-0.25, -0.2) is 0 Å². The quantitative estimate of drug-likeness (QED) is 0.479. The van der Waals surface area contributed by atoms with Crippen molar-refractivity contribution in [2.75, 3.05) is 19.5 Å². The first kappa shape index (κ1) is 10.4. The van der Waals surface area contributed by atoms with Gasteiger partial charge in [0.2, 0.25) is 0 Å². The zero-order valence-electron chi connectivity index (χ0n) is 7.77.